The molecule has 0 saturated carbocycles. The molecule has 2 aliphatic rings. The van der Waals surface area contributed by atoms with Crippen LogP contribution in [-0.4, -0.2) is 0 Å². The number of benzene rings is 4. The molecule has 0 fully saturated rings. The average Bonchev–Trinajstić information content (AvgIpc) is 2.71. The van der Waals surface area contributed by atoms with E-state index < -0.39 is 0 Å². The van der Waals surface area contributed by atoms with Crippen LogP contribution in [0.15, 0.2) is 72.8 Å². The largest absolute Gasteiger partial charge is 0.0619 e. The Kier molecular flexibility index (Phi) is 2.85. The predicted molar refractivity (Wildman–Crippen MR) is 119 cm³/mol. The minimum Gasteiger partial charge on any atom is -0.0619 e. The fourth-order valence-corrected chi connectivity index (χ4v) is 5.80. The van der Waals surface area contributed by atoms with Gasteiger partial charge in [-0.05, 0) is 55.3 Å². The van der Waals surface area contributed by atoms with Gasteiger partial charge in [0.05, 0.1) is 0 Å². The maximum absolute atomic E-state index is 2.40. The molecule has 2 aliphatic carbocycles. The molecule has 0 amide bonds. The minimum absolute atomic E-state index is 0.00184. The van der Waals surface area contributed by atoms with Gasteiger partial charge in [-0.15, -0.1) is 0 Å². The minimum atomic E-state index is 0.00184. The normalized spacial score (nSPS) is 17.1. The molecule has 0 heteroatoms. The maximum Gasteiger partial charge on any atom is 0.0159 e. The summed E-state index contributed by atoms with van der Waals surface area (Å²) in [4.78, 5) is 0. The highest BCUT2D eigenvalue weighted by atomic mass is 14.4. The van der Waals surface area contributed by atoms with Gasteiger partial charge < -0.3 is 0 Å². The highest BCUT2D eigenvalue weighted by Crippen LogP contribution is 2.55. The fraction of sp³-hybridized carbons (Fsp3) is 0.214. The molecule has 0 bridgehead atoms. The second-order valence-corrected chi connectivity index (χ2v) is 9.41. The lowest BCUT2D eigenvalue weighted by atomic mass is 9.63. The zero-order valence-corrected chi connectivity index (χ0v) is 16.9. The van der Waals surface area contributed by atoms with E-state index in [1.54, 1.807) is 0 Å². The molecule has 0 aromatic heterocycles. The fourth-order valence-electron chi connectivity index (χ4n) is 5.80. The summed E-state index contributed by atoms with van der Waals surface area (Å²) in [5, 5.41) is 2.92. The van der Waals surface area contributed by atoms with Gasteiger partial charge >= 0.3 is 0 Å². The summed E-state index contributed by atoms with van der Waals surface area (Å²) in [5.41, 5.74) is 11.3. The molecule has 0 heterocycles. The van der Waals surface area contributed by atoms with Crippen LogP contribution >= 0.6 is 0 Å². The van der Waals surface area contributed by atoms with E-state index in [2.05, 4.69) is 100 Å². The van der Waals surface area contributed by atoms with Gasteiger partial charge in [0.2, 0.25) is 0 Å². The zero-order chi connectivity index (χ0) is 19.3. The van der Waals surface area contributed by atoms with Crippen molar-refractivity contribution in [2.45, 2.75) is 38.5 Å². The van der Waals surface area contributed by atoms with Gasteiger partial charge in [-0.25, -0.2) is 0 Å². The summed E-state index contributed by atoms with van der Waals surface area (Å²) >= 11 is 0. The first kappa shape index (κ1) is 16.1. The van der Waals surface area contributed by atoms with Gasteiger partial charge in [0.15, 0.2) is 0 Å². The van der Waals surface area contributed by atoms with E-state index in [1.807, 2.05) is 0 Å². The number of hydrogen-bond donors (Lipinski definition) is 0. The highest BCUT2D eigenvalue weighted by Gasteiger charge is 2.39. The Morgan fingerprint density at radius 3 is 1.21 bits per heavy atom. The molecule has 0 atom stereocenters. The Morgan fingerprint density at radius 1 is 0.393 bits per heavy atom. The van der Waals surface area contributed by atoms with Crippen LogP contribution in [0.3, 0.4) is 0 Å². The van der Waals surface area contributed by atoms with E-state index in [-0.39, 0.29) is 10.8 Å². The zero-order valence-electron chi connectivity index (χ0n) is 16.9. The first-order valence-corrected chi connectivity index (χ1v) is 10.2. The summed E-state index contributed by atoms with van der Waals surface area (Å²) in [7, 11) is 0. The van der Waals surface area contributed by atoms with E-state index in [4.69, 9.17) is 0 Å². The van der Waals surface area contributed by atoms with Crippen molar-refractivity contribution in [3.63, 3.8) is 0 Å². The molecule has 4 aromatic carbocycles. The molecule has 0 unspecified atom stereocenters. The molecule has 28 heavy (non-hydrogen) atoms. The Bertz CT molecular complexity index is 1200. The Morgan fingerprint density at radius 2 is 0.786 bits per heavy atom. The molecule has 4 aromatic rings. The molecule has 0 N–H and O–H groups in total. The lowest BCUT2D eigenvalue weighted by Crippen LogP contribution is -2.27. The van der Waals surface area contributed by atoms with Crippen LogP contribution in [0.5, 0.6) is 0 Å². The van der Waals surface area contributed by atoms with Crippen LogP contribution in [0.25, 0.3) is 33.0 Å². The van der Waals surface area contributed by atoms with Gasteiger partial charge in [0, 0.05) is 10.8 Å². The smallest absolute Gasteiger partial charge is 0.0159 e. The Labute approximate surface area is 166 Å². The number of hydrogen-bond acceptors (Lipinski definition) is 0. The molecular formula is C28H24. The molecule has 0 saturated heterocycles. The first-order chi connectivity index (χ1) is 13.4. The standard InChI is InChI=1S/C28H24/c1-27(2)21-11-7-5-9-17(21)19-13-14-20-18-10-6-8-12-22(18)28(3,4)24-16-15-23(27)25(19)26(20)24/h5-16H,1-4H3. The molecule has 0 spiro atoms. The van der Waals surface area contributed by atoms with Gasteiger partial charge in [0.1, 0.15) is 0 Å². The third-order valence-corrected chi connectivity index (χ3v) is 7.29. The second-order valence-electron chi connectivity index (χ2n) is 9.41. The summed E-state index contributed by atoms with van der Waals surface area (Å²) in [6.45, 7) is 9.50. The van der Waals surface area contributed by atoms with Gasteiger partial charge in [0.25, 0.3) is 0 Å². The average molecular weight is 361 g/mol. The van der Waals surface area contributed by atoms with E-state index in [0.717, 1.165) is 0 Å². The lowest BCUT2D eigenvalue weighted by Gasteiger charge is -2.40. The molecule has 6 rings (SSSR count). The van der Waals surface area contributed by atoms with Gasteiger partial charge in [-0.2, -0.15) is 0 Å². The molecule has 0 aliphatic heterocycles. The van der Waals surface area contributed by atoms with Crippen molar-refractivity contribution >= 4 is 10.8 Å². The third kappa shape index (κ3) is 1.72. The third-order valence-electron chi connectivity index (χ3n) is 7.29. The van der Waals surface area contributed by atoms with Crippen LogP contribution in [0.2, 0.25) is 0 Å². The van der Waals surface area contributed by atoms with E-state index in [1.165, 1.54) is 55.3 Å². The van der Waals surface area contributed by atoms with Crippen molar-refractivity contribution in [1.29, 1.82) is 0 Å². The first-order valence-electron chi connectivity index (χ1n) is 10.2. The van der Waals surface area contributed by atoms with E-state index >= 15 is 0 Å². The topological polar surface area (TPSA) is 0 Å². The van der Waals surface area contributed by atoms with Crippen molar-refractivity contribution in [1.82, 2.24) is 0 Å². The molecular weight excluding hydrogens is 336 g/mol. The van der Waals surface area contributed by atoms with Crippen molar-refractivity contribution < 1.29 is 0 Å². The SMILES string of the molecule is CC1(C)c2ccccc2-c2ccc3c4c(ccc1c24)C(C)(C)c1ccccc1-3. The van der Waals surface area contributed by atoms with Crippen molar-refractivity contribution in [3.05, 3.63) is 95.1 Å². The van der Waals surface area contributed by atoms with Crippen LogP contribution in [-0.2, 0) is 10.8 Å². The van der Waals surface area contributed by atoms with E-state index in [0.29, 0.717) is 0 Å². The van der Waals surface area contributed by atoms with Crippen LogP contribution in [0.1, 0.15) is 49.9 Å². The van der Waals surface area contributed by atoms with Crippen LogP contribution in [0, 0.1) is 0 Å². The Hall–Kier alpha value is -2.86. The maximum atomic E-state index is 2.40. The van der Waals surface area contributed by atoms with Crippen molar-refractivity contribution in [2.75, 3.05) is 0 Å². The summed E-state index contributed by atoms with van der Waals surface area (Å²) < 4.78 is 0. The van der Waals surface area contributed by atoms with Gasteiger partial charge in [-0.1, -0.05) is 100 Å². The van der Waals surface area contributed by atoms with Crippen molar-refractivity contribution in [2.24, 2.45) is 0 Å². The van der Waals surface area contributed by atoms with Crippen LogP contribution in [0.4, 0.5) is 0 Å². The van der Waals surface area contributed by atoms with E-state index in [9.17, 15) is 0 Å². The summed E-state index contributed by atoms with van der Waals surface area (Å²) in [6.07, 6.45) is 0. The second kappa shape index (κ2) is 4.94. The lowest BCUT2D eigenvalue weighted by molar-refractivity contribution is 0.633. The van der Waals surface area contributed by atoms with Crippen LogP contribution < -0.4 is 0 Å². The summed E-state index contributed by atoms with van der Waals surface area (Å²) in [6, 6.07) is 27.4. The highest BCUT2D eigenvalue weighted by molar-refractivity contribution is 6.12. The quantitative estimate of drug-likeness (QED) is 0.305. The number of rotatable bonds is 0. The van der Waals surface area contributed by atoms with Crippen molar-refractivity contribution in [3.8, 4) is 22.3 Å². The summed E-state index contributed by atoms with van der Waals surface area (Å²) in [5.74, 6) is 0. The van der Waals surface area contributed by atoms with Gasteiger partial charge in [-0.3, -0.25) is 0 Å². The molecule has 0 nitrogen and oxygen atoms in total. The predicted octanol–water partition coefficient (Wildman–Crippen LogP) is 7.45. The molecule has 0 radical (unpaired) electrons. The number of fused-ring (bicyclic) bond motifs is 4. The molecule has 136 valence electrons. The monoisotopic (exact) mass is 360 g/mol. The Balaban J connectivity index is 1.87.